The van der Waals surface area contributed by atoms with Crippen molar-refractivity contribution in [3.63, 3.8) is 0 Å². The van der Waals surface area contributed by atoms with Crippen LogP contribution in [0.1, 0.15) is 20.8 Å². The van der Waals surface area contributed by atoms with Gasteiger partial charge in [-0.15, -0.1) is 0 Å². The monoisotopic (exact) mass is 217 g/mol. The molecule has 0 spiro atoms. The molecule has 0 aromatic heterocycles. The largest absolute Gasteiger partial charge is 0.394 e. The zero-order valence-electron chi connectivity index (χ0n) is 9.28. The summed E-state index contributed by atoms with van der Waals surface area (Å²) in [7, 11) is 0. The highest BCUT2D eigenvalue weighted by atomic mass is 16.3. The second-order valence-electron chi connectivity index (χ2n) is 3.77. The Hall–Kier alpha value is -1.30. The number of nitrogens with one attached hydrogen (secondary N) is 2. The van der Waals surface area contributed by atoms with Crippen molar-refractivity contribution in [1.82, 2.24) is 10.6 Å². The highest BCUT2D eigenvalue weighted by Crippen LogP contribution is 2.00. The van der Waals surface area contributed by atoms with Gasteiger partial charge in [0.2, 0.25) is 5.91 Å². The second kappa shape index (κ2) is 6.23. The van der Waals surface area contributed by atoms with Gasteiger partial charge in [-0.1, -0.05) is 13.8 Å². The van der Waals surface area contributed by atoms with Crippen LogP contribution in [0.2, 0.25) is 0 Å². The first-order valence-corrected chi connectivity index (χ1v) is 4.85. The van der Waals surface area contributed by atoms with E-state index >= 15 is 0 Å². The lowest BCUT2D eigenvalue weighted by molar-refractivity contribution is -0.123. The topological polar surface area (TPSA) is 104 Å². The Bertz CT molecular complexity index is 231. The average molecular weight is 217 g/mol. The van der Waals surface area contributed by atoms with E-state index in [0.29, 0.717) is 0 Å². The molecule has 0 saturated heterocycles. The summed E-state index contributed by atoms with van der Waals surface area (Å²) in [5, 5.41) is 13.9. The molecule has 0 aliphatic rings. The van der Waals surface area contributed by atoms with Gasteiger partial charge in [0.1, 0.15) is 6.04 Å². The number of carbonyl (C=O) groups excluding carboxylic acids is 2. The fourth-order valence-corrected chi connectivity index (χ4v) is 1.01. The molecule has 5 N–H and O–H groups in total. The number of rotatable bonds is 5. The van der Waals surface area contributed by atoms with Gasteiger partial charge < -0.3 is 21.5 Å². The minimum atomic E-state index is -0.747. The third-order valence-electron chi connectivity index (χ3n) is 2.08. The van der Waals surface area contributed by atoms with Crippen LogP contribution in [-0.4, -0.2) is 35.7 Å². The van der Waals surface area contributed by atoms with Crippen LogP contribution in [-0.2, 0) is 4.79 Å². The quantitative estimate of drug-likeness (QED) is 0.483. The lowest BCUT2D eigenvalue weighted by Gasteiger charge is -2.22. The Balaban J connectivity index is 4.15. The van der Waals surface area contributed by atoms with Gasteiger partial charge in [0.15, 0.2) is 0 Å². The Morgan fingerprint density at radius 2 is 1.80 bits per heavy atom. The molecule has 0 bridgehead atoms. The summed E-state index contributed by atoms with van der Waals surface area (Å²) in [5.74, 6) is -0.235. The number of nitrogens with two attached hydrogens (primary N) is 1. The number of aliphatic hydroxyl groups excluding tert-OH is 1. The Labute approximate surface area is 89.2 Å². The van der Waals surface area contributed by atoms with Gasteiger partial charge in [-0.25, -0.2) is 4.79 Å². The van der Waals surface area contributed by atoms with Crippen molar-refractivity contribution in [3.05, 3.63) is 0 Å². The highest BCUT2D eigenvalue weighted by molar-refractivity contribution is 5.86. The number of urea groups is 1. The van der Waals surface area contributed by atoms with Crippen molar-refractivity contribution in [3.8, 4) is 0 Å². The molecule has 0 radical (unpaired) electrons. The van der Waals surface area contributed by atoms with E-state index in [4.69, 9.17) is 10.8 Å². The predicted octanol–water partition coefficient (Wildman–Crippen LogP) is -0.824. The molecule has 0 aliphatic heterocycles. The zero-order chi connectivity index (χ0) is 12.0. The van der Waals surface area contributed by atoms with Crippen molar-refractivity contribution in [1.29, 1.82) is 0 Å². The van der Waals surface area contributed by atoms with Crippen LogP contribution < -0.4 is 16.4 Å². The molecular weight excluding hydrogens is 198 g/mol. The molecule has 2 atom stereocenters. The van der Waals surface area contributed by atoms with E-state index in [2.05, 4.69) is 10.6 Å². The second-order valence-corrected chi connectivity index (χ2v) is 3.77. The van der Waals surface area contributed by atoms with E-state index in [9.17, 15) is 9.59 Å². The zero-order valence-corrected chi connectivity index (χ0v) is 9.28. The first kappa shape index (κ1) is 13.7. The van der Waals surface area contributed by atoms with Crippen LogP contribution in [0.25, 0.3) is 0 Å². The van der Waals surface area contributed by atoms with E-state index in [0.717, 1.165) is 0 Å². The maximum absolute atomic E-state index is 11.5. The third kappa shape index (κ3) is 5.21. The van der Waals surface area contributed by atoms with Crippen molar-refractivity contribution < 1.29 is 14.7 Å². The molecular formula is C9H19N3O3. The molecule has 0 heterocycles. The van der Waals surface area contributed by atoms with Gasteiger partial charge in [-0.2, -0.15) is 0 Å². The van der Waals surface area contributed by atoms with Crippen LogP contribution >= 0.6 is 0 Å². The number of primary amides is 1. The lowest BCUT2D eigenvalue weighted by atomic mass is 10.1. The van der Waals surface area contributed by atoms with Gasteiger partial charge in [-0.3, -0.25) is 4.79 Å². The van der Waals surface area contributed by atoms with Crippen LogP contribution in [0.4, 0.5) is 4.79 Å². The van der Waals surface area contributed by atoms with Gasteiger partial charge in [-0.05, 0) is 12.8 Å². The molecule has 0 aromatic rings. The molecule has 1 unspecified atom stereocenters. The Kier molecular flexibility index (Phi) is 5.69. The smallest absolute Gasteiger partial charge is 0.312 e. The first-order valence-electron chi connectivity index (χ1n) is 4.85. The predicted molar refractivity (Wildman–Crippen MR) is 56.0 cm³/mol. The maximum atomic E-state index is 11.5. The summed E-state index contributed by atoms with van der Waals surface area (Å²) in [6, 6.07) is -1.76. The molecule has 6 heteroatoms. The summed E-state index contributed by atoms with van der Waals surface area (Å²) in [6.45, 7) is 5.16. The molecule has 0 saturated carbocycles. The van der Waals surface area contributed by atoms with Crippen LogP contribution in [0.3, 0.4) is 0 Å². The Morgan fingerprint density at radius 1 is 1.27 bits per heavy atom. The molecule has 0 fully saturated rings. The van der Waals surface area contributed by atoms with Crippen LogP contribution in [0.5, 0.6) is 0 Å². The minimum Gasteiger partial charge on any atom is -0.394 e. The number of amides is 3. The Morgan fingerprint density at radius 3 is 2.13 bits per heavy atom. The van der Waals surface area contributed by atoms with Crippen LogP contribution in [0, 0.1) is 5.92 Å². The molecule has 0 rings (SSSR count). The summed E-state index contributed by atoms with van der Waals surface area (Å²) >= 11 is 0. The summed E-state index contributed by atoms with van der Waals surface area (Å²) in [5.41, 5.74) is 4.87. The van der Waals surface area contributed by atoms with Crippen LogP contribution in [0.15, 0.2) is 0 Å². The molecule has 88 valence electrons. The van der Waals surface area contributed by atoms with Gasteiger partial charge in [0.05, 0.1) is 12.6 Å². The minimum absolute atomic E-state index is 0.125. The van der Waals surface area contributed by atoms with Gasteiger partial charge in [0, 0.05) is 0 Å². The molecule has 3 amide bonds. The molecule has 0 aromatic carbocycles. The lowest BCUT2D eigenvalue weighted by Crippen LogP contribution is -2.51. The number of hydrogen-bond donors (Lipinski definition) is 4. The molecule has 15 heavy (non-hydrogen) atoms. The first-order chi connectivity index (χ1) is 6.88. The third-order valence-corrected chi connectivity index (χ3v) is 2.08. The fraction of sp³-hybridized carbons (Fsp3) is 0.778. The molecule has 6 nitrogen and oxygen atoms in total. The number of aliphatic hydroxyl groups is 1. The molecule has 0 aliphatic carbocycles. The number of hydrogen-bond acceptors (Lipinski definition) is 3. The van der Waals surface area contributed by atoms with E-state index in [-0.39, 0.29) is 24.5 Å². The highest BCUT2D eigenvalue weighted by Gasteiger charge is 2.19. The summed E-state index contributed by atoms with van der Waals surface area (Å²) < 4.78 is 0. The number of carbonyl (C=O) groups is 2. The van der Waals surface area contributed by atoms with Crippen molar-refractivity contribution in [2.24, 2.45) is 11.7 Å². The summed E-state index contributed by atoms with van der Waals surface area (Å²) in [4.78, 5) is 21.9. The van der Waals surface area contributed by atoms with Gasteiger partial charge >= 0.3 is 6.03 Å². The van der Waals surface area contributed by atoms with E-state index in [1.165, 1.54) is 6.92 Å². The fourth-order valence-electron chi connectivity index (χ4n) is 1.01. The van der Waals surface area contributed by atoms with Crippen molar-refractivity contribution in [2.75, 3.05) is 6.61 Å². The van der Waals surface area contributed by atoms with E-state index in [1.807, 2.05) is 13.8 Å². The average Bonchev–Trinajstić information content (AvgIpc) is 2.11. The standard InChI is InChI=1S/C9H19N3O3/c1-5(2)7(4-13)12-8(14)6(3)11-9(10)15/h5-7,13H,4H2,1-3H3,(H,12,14)(H3,10,11,15)/t6?,7-/m1/s1. The van der Waals surface area contributed by atoms with Gasteiger partial charge in [0.25, 0.3) is 0 Å². The van der Waals surface area contributed by atoms with E-state index in [1.54, 1.807) is 0 Å². The normalized spacial score (nSPS) is 14.5. The summed E-state index contributed by atoms with van der Waals surface area (Å²) in [6.07, 6.45) is 0. The van der Waals surface area contributed by atoms with E-state index < -0.39 is 12.1 Å². The van der Waals surface area contributed by atoms with Crippen molar-refractivity contribution >= 4 is 11.9 Å². The SMILES string of the molecule is CC(NC(N)=O)C(=O)N[C@H](CO)C(C)C. The van der Waals surface area contributed by atoms with Crippen molar-refractivity contribution in [2.45, 2.75) is 32.9 Å². The maximum Gasteiger partial charge on any atom is 0.312 e.